The summed E-state index contributed by atoms with van der Waals surface area (Å²) in [7, 11) is 3.30. The molecule has 2 bridgehead atoms. The van der Waals surface area contributed by atoms with E-state index >= 15 is 0 Å². The third kappa shape index (κ3) is 3.65. The van der Waals surface area contributed by atoms with Crippen LogP contribution in [0, 0.1) is 0 Å². The van der Waals surface area contributed by atoms with Crippen molar-refractivity contribution in [2.45, 2.75) is 44.9 Å². The van der Waals surface area contributed by atoms with Gasteiger partial charge in [-0.1, -0.05) is 12.1 Å². The third-order valence-electron chi connectivity index (χ3n) is 4.55. The summed E-state index contributed by atoms with van der Waals surface area (Å²) < 4.78 is 22.4. The molecule has 2 unspecified atom stereocenters. The van der Waals surface area contributed by atoms with Gasteiger partial charge in [-0.2, -0.15) is 0 Å². The second-order valence-corrected chi connectivity index (χ2v) is 7.58. The maximum atomic E-state index is 12.7. The minimum atomic E-state index is -0.526. The number of benzene rings is 1. The second kappa shape index (κ2) is 7.19. The molecule has 1 amide bonds. The molecule has 2 heterocycles. The van der Waals surface area contributed by atoms with Crippen LogP contribution in [0.15, 0.2) is 24.3 Å². The van der Waals surface area contributed by atoms with Crippen LogP contribution in [0.1, 0.15) is 32.8 Å². The largest absolute Gasteiger partial charge is 0.496 e. The molecule has 2 aliphatic heterocycles. The highest BCUT2D eigenvalue weighted by Gasteiger charge is 2.41. The van der Waals surface area contributed by atoms with E-state index in [4.69, 9.17) is 18.9 Å². The SMILES string of the molecule is COc1cccc(OC)c1C1=CC2COCC(C1)N2C(=O)OC(C)(C)C. The van der Waals surface area contributed by atoms with E-state index in [1.807, 2.05) is 39.0 Å². The topological polar surface area (TPSA) is 57.2 Å². The summed E-state index contributed by atoms with van der Waals surface area (Å²) in [5, 5.41) is 0. The second-order valence-electron chi connectivity index (χ2n) is 7.58. The van der Waals surface area contributed by atoms with Crippen LogP contribution >= 0.6 is 0 Å². The fourth-order valence-corrected chi connectivity index (χ4v) is 3.55. The molecule has 0 aliphatic carbocycles. The first-order valence-corrected chi connectivity index (χ1v) is 8.85. The number of hydrogen-bond acceptors (Lipinski definition) is 5. The van der Waals surface area contributed by atoms with E-state index in [9.17, 15) is 4.79 Å². The predicted octanol–water partition coefficient (Wildman–Crippen LogP) is 3.50. The van der Waals surface area contributed by atoms with Gasteiger partial charge in [-0.25, -0.2) is 4.79 Å². The van der Waals surface area contributed by atoms with Crippen LogP contribution in [0.5, 0.6) is 11.5 Å². The Kier molecular flexibility index (Phi) is 5.14. The van der Waals surface area contributed by atoms with Crippen molar-refractivity contribution < 1.29 is 23.7 Å². The minimum Gasteiger partial charge on any atom is -0.496 e. The van der Waals surface area contributed by atoms with Crippen LogP contribution < -0.4 is 9.47 Å². The average Bonchev–Trinajstić information content (AvgIpc) is 2.58. The zero-order valence-corrected chi connectivity index (χ0v) is 16.1. The lowest BCUT2D eigenvalue weighted by molar-refractivity contribution is -0.0510. The van der Waals surface area contributed by atoms with Crippen molar-refractivity contribution in [3.05, 3.63) is 29.8 Å². The molecular formula is C20H27NO5. The van der Waals surface area contributed by atoms with Gasteiger partial charge in [0.25, 0.3) is 0 Å². The molecule has 1 saturated heterocycles. The molecule has 1 aromatic rings. The number of carbonyl (C=O) groups excluding carboxylic acids is 1. The van der Waals surface area contributed by atoms with Gasteiger partial charge in [0.05, 0.1) is 45.1 Å². The molecule has 3 rings (SSSR count). The molecule has 2 aliphatic rings. The minimum absolute atomic E-state index is 0.0711. The van der Waals surface area contributed by atoms with E-state index in [2.05, 4.69) is 6.08 Å². The highest BCUT2D eigenvalue weighted by molar-refractivity contribution is 5.79. The Labute approximate surface area is 154 Å². The van der Waals surface area contributed by atoms with Gasteiger partial charge in [-0.3, -0.25) is 4.90 Å². The van der Waals surface area contributed by atoms with Gasteiger partial charge < -0.3 is 18.9 Å². The van der Waals surface area contributed by atoms with Crippen molar-refractivity contribution >= 4 is 11.7 Å². The molecule has 26 heavy (non-hydrogen) atoms. The number of fused-ring (bicyclic) bond motifs is 2. The molecule has 0 saturated carbocycles. The number of amides is 1. The summed E-state index contributed by atoms with van der Waals surface area (Å²) in [5.74, 6) is 1.53. The third-order valence-corrected chi connectivity index (χ3v) is 4.55. The van der Waals surface area contributed by atoms with Gasteiger partial charge in [0, 0.05) is 0 Å². The van der Waals surface area contributed by atoms with Gasteiger partial charge in [0.2, 0.25) is 0 Å². The summed E-state index contributed by atoms with van der Waals surface area (Å²) >= 11 is 0. The predicted molar refractivity (Wildman–Crippen MR) is 98.6 cm³/mol. The highest BCUT2D eigenvalue weighted by atomic mass is 16.6. The van der Waals surface area contributed by atoms with Crippen molar-refractivity contribution in [1.82, 2.24) is 4.90 Å². The van der Waals surface area contributed by atoms with Crippen LogP contribution in [0.3, 0.4) is 0 Å². The molecular weight excluding hydrogens is 334 g/mol. The maximum absolute atomic E-state index is 12.7. The molecule has 2 atom stereocenters. The van der Waals surface area contributed by atoms with Crippen molar-refractivity contribution in [3.8, 4) is 11.5 Å². The van der Waals surface area contributed by atoms with Gasteiger partial charge in [-0.15, -0.1) is 0 Å². The zero-order valence-electron chi connectivity index (χ0n) is 16.1. The van der Waals surface area contributed by atoms with Gasteiger partial charge in [0.1, 0.15) is 17.1 Å². The fourth-order valence-electron chi connectivity index (χ4n) is 3.55. The summed E-state index contributed by atoms with van der Waals surface area (Å²) in [4.78, 5) is 14.5. The number of ether oxygens (including phenoxy) is 4. The Hall–Kier alpha value is -2.21. The number of hydrogen-bond donors (Lipinski definition) is 0. The van der Waals surface area contributed by atoms with E-state index in [0.717, 1.165) is 22.6 Å². The molecule has 0 aromatic heterocycles. The lowest BCUT2D eigenvalue weighted by atomic mass is 9.89. The Morgan fingerprint density at radius 1 is 1.15 bits per heavy atom. The van der Waals surface area contributed by atoms with Crippen LogP contribution in [0.2, 0.25) is 0 Å². The molecule has 6 heteroatoms. The average molecular weight is 361 g/mol. The molecule has 6 nitrogen and oxygen atoms in total. The molecule has 0 spiro atoms. The molecule has 1 aromatic carbocycles. The number of nitrogens with zero attached hydrogens (tertiary/aromatic N) is 1. The first-order valence-electron chi connectivity index (χ1n) is 8.85. The number of morpholine rings is 1. The smallest absolute Gasteiger partial charge is 0.411 e. The quantitative estimate of drug-likeness (QED) is 0.825. The molecule has 0 radical (unpaired) electrons. The number of rotatable bonds is 3. The van der Waals surface area contributed by atoms with Gasteiger partial charge >= 0.3 is 6.09 Å². The molecule has 142 valence electrons. The summed E-state index contributed by atoms with van der Waals surface area (Å²) in [6, 6.07) is 5.51. The number of methoxy groups -OCH3 is 2. The van der Waals surface area contributed by atoms with E-state index in [0.29, 0.717) is 19.6 Å². The van der Waals surface area contributed by atoms with Crippen LogP contribution in [0.25, 0.3) is 5.57 Å². The van der Waals surface area contributed by atoms with Crippen LogP contribution in [0.4, 0.5) is 4.79 Å². The van der Waals surface area contributed by atoms with Gasteiger partial charge in [-0.05, 0) is 44.9 Å². The molecule has 0 N–H and O–H groups in total. The van der Waals surface area contributed by atoms with Crippen molar-refractivity contribution in [1.29, 1.82) is 0 Å². The highest BCUT2D eigenvalue weighted by Crippen LogP contribution is 2.41. The van der Waals surface area contributed by atoms with Gasteiger partial charge in [0.15, 0.2) is 0 Å². The fraction of sp³-hybridized carbons (Fsp3) is 0.550. The lowest BCUT2D eigenvalue weighted by Gasteiger charge is -2.44. The normalized spacial score (nSPS) is 22.5. The standard InChI is InChI=1S/C20H27NO5/c1-20(2,3)26-19(22)21-14-9-13(10-15(21)12-25-11-14)18-16(23-4)7-6-8-17(18)24-5/h6-9,14-15H,10-12H2,1-5H3. The summed E-state index contributed by atoms with van der Waals surface area (Å²) in [6.45, 7) is 6.58. The summed E-state index contributed by atoms with van der Waals surface area (Å²) in [5.41, 5.74) is 1.53. The zero-order chi connectivity index (χ0) is 18.9. The van der Waals surface area contributed by atoms with Crippen molar-refractivity contribution in [2.75, 3.05) is 27.4 Å². The Morgan fingerprint density at radius 3 is 2.35 bits per heavy atom. The van der Waals surface area contributed by atoms with E-state index in [1.54, 1.807) is 19.1 Å². The van der Waals surface area contributed by atoms with Crippen molar-refractivity contribution in [3.63, 3.8) is 0 Å². The first kappa shape index (κ1) is 18.6. The lowest BCUT2D eigenvalue weighted by Crippen LogP contribution is -2.57. The monoisotopic (exact) mass is 361 g/mol. The summed E-state index contributed by atoms with van der Waals surface area (Å²) in [6.07, 6.45) is 2.44. The Bertz CT molecular complexity index is 684. The van der Waals surface area contributed by atoms with Crippen LogP contribution in [-0.4, -0.2) is 56.1 Å². The van der Waals surface area contributed by atoms with Crippen molar-refractivity contribution in [2.24, 2.45) is 0 Å². The first-order chi connectivity index (χ1) is 12.3. The maximum Gasteiger partial charge on any atom is 0.411 e. The molecule has 1 fully saturated rings. The van der Waals surface area contributed by atoms with E-state index in [-0.39, 0.29) is 18.2 Å². The Balaban J connectivity index is 1.96. The van der Waals surface area contributed by atoms with E-state index in [1.165, 1.54) is 0 Å². The number of carbonyl (C=O) groups is 1. The van der Waals surface area contributed by atoms with E-state index < -0.39 is 5.60 Å². The Morgan fingerprint density at radius 2 is 1.81 bits per heavy atom. The van der Waals surface area contributed by atoms with Crippen LogP contribution in [-0.2, 0) is 9.47 Å².